The minimum atomic E-state index is -3.42. The minimum Gasteiger partial charge on any atom is -0.494 e. The van der Waals surface area contributed by atoms with Crippen LogP contribution < -0.4 is 9.46 Å². The van der Waals surface area contributed by atoms with Crippen molar-refractivity contribution in [1.29, 1.82) is 0 Å². The highest BCUT2D eigenvalue weighted by Gasteiger charge is 2.07. The molecule has 0 unspecified atom stereocenters. The van der Waals surface area contributed by atoms with E-state index in [0.717, 1.165) is 0 Å². The van der Waals surface area contributed by atoms with Gasteiger partial charge in [-0.3, -0.25) is 4.72 Å². The van der Waals surface area contributed by atoms with Crippen LogP contribution in [0.4, 0.5) is 5.69 Å². The van der Waals surface area contributed by atoms with Crippen molar-refractivity contribution in [2.24, 2.45) is 0 Å². The number of ether oxygens (including phenoxy) is 1. The second kappa shape index (κ2) is 5.23. The van der Waals surface area contributed by atoms with Gasteiger partial charge in [-0.2, -0.15) is 0 Å². The summed E-state index contributed by atoms with van der Waals surface area (Å²) in [6, 6.07) is 6.62. The zero-order valence-corrected chi connectivity index (χ0v) is 9.81. The molecule has 4 nitrogen and oxygen atoms in total. The second-order valence-electron chi connectivity index (χ2n) is 2.78. The van der Waals surface area contributed by atoms with Gasteiger partial charge >= 0.3 is 0 Å². The van der Waals surface area contributed by atoms with Gasteiger partial charge in [-0.1, -0.05) is 0 Å². The first kappa shape index (κ1) is 12.1. The van der Waals surface area contributed by atoms with E-state index in [0.29, 0.717) is 18.0 Å². The van der Waals surface area contributed by atoms with Crippen molar-refractivity contribution in [3.63, 3.8) is 0 Å². The zero-order chi connectivity index (χ0) is 11.3. The van der Waals surface area contributed by atoms with Gasteiger partial charge < -0.3 is 4.74 Å². The lowest BCUT2D eigenvalue weighted by molar-refractivity contribution is 0.340. The summed E-state index contributed by atoms with van der Waals surface area (Å²) in [5.41, 5.74) is 0.471. The molecule has 6 heteroatoms. The van der Waals surface area contributed by atoms with Crippen LogP contribution in [0.15, 0.2) is 24.3 Å². The molecule has 1 N–H and O–H groups in total. The highest BCUT2D eigenvalue weighted by Crippen LogP contribution is 2.16. The Labute approximate surface area is 94.3 Å². The Kier molecular flexibility index (Phi) is 4.23. The Bertz CT molecular complexity index is 402. The van der Waals surface area contributed by atoms with Gasteiger partial charge in [-0.25, -0.2) is 8.42 Å². The average molecular weight is 250 g/mol. The molecule has 0 heterocycles. The van der Waals surface area contributed by atoms with Crippen molar-refractivity contribution >= 4 is 27.3 Å². The molecule has 0 saturated heterocycles. The van der Waals surface area contributed by atoms with Crippen LogP contribution in [0.2, 0.25) is 0 Å². The summed E-state index contributed by atoms with van der Waals surface area (Å²) >= 11 is 5.25. The number of halogens is 1. The Hall–Kier alpha value is -0.940. The molecule has 1 rings (SSSR count). The van der Waals surface area contributed by atoms with Crippen LogP contribution in [-0.2, 0) is 10.0 Å². The summed E-state index contributed by atoms with van der Waals surface area (Å²) < 4.78 is 29.7. The Morgan fingerprint density at radius 2 is 1.93 bits per heavy atom. The fourth-order valence-corrected chi connectivity index (χ4v) is 1.71. The third-order valence-electron chi connectivity index (χ3n) is 1.58. The minimum absolute atomic E-state index is 0.458. The van der Waals surface area contributed by atoms with Gasteiger partial charge in [-0.15, -0.1) is 11.6 Å². The molecular formula is C9H12ClNO3S. The van der Waals surface area contributed by atoms with E-state index in [4.69, 9.17) is 16.3 Å². The molecule has 15 heavy (non-hydrogen) atoms. The maximum Gasteiger partial charge on any atom is 0.246 e. The lowest BCUT2D eigenvalue weighted by Gasteiger charge is -2.06. The summed E-state index contributed by atoms with van der Waals surface area (Å²) in [5, 5.41) is -0.458. The Morgan fingerprint density at radius 1 is 1.33 bits per heavy atom. The second-order valence-corrected chi connectivity index (χ2v) is 5.09. The summed E-state index contributed by atoms with van der Waals surface area (Å²) in [5.74, 6) is 0.700. The molecule has 84 valence electrons. The van der Waals surface area contributed by atoms with E-state index in [2.05, 4.69) is 4.72 Å². The van der Waals surface area contributed by atoms with Gasteiger partial charge in [0.05, 0.1) is 6.61 Å². The van der Waals surface area contributed by atoms with Gasteiger partial charge in [0.1, 0.15) is 11.0 Å². The number of rotatable bonds is 5. The van der Waals surface area contributed by atoms with E-state index in [1.807, 2.05) is 6.92 Å². The largest absolute Gasteiger partial charge is 0.494 e. The van der Waals surface area contributed by atoms with E-state index in [1.54, 1.807) is 24.3 Å². The summed E-state index contributed by atoms with van der Waals surface area (Å²) in [6.07, 6.45) is 0. The number of sulfonamides is 1. The van der Waals surface area contributed by atoms with Gasteiger partial charge in [0.2, 0.25) is 10.0 Å². The molecule has 1 aromatic rings. The third-order valence-corrected chi connectivity index (χ3v) is 3.28. The molecule has 0 fully saturated rings. The van der Waals surface area contributed by atoms with Gasteiger partial charge in [0.25, 0.3) is 0 Å². The molecule has 0 aromatic heterocycles. The quantitative estimate of drug-likeness (QED) is 0.813. The number of benzene rings is 1. The van der Waals surface area contributed by atoms with E-state index in [1.165, 1.54) is 0 Å². The number of nitrogens with one attached hydrogen (secondary N) is 1. The van der Waals surface area contributed by atoms with Gasteiger partial charge in [-0.05, 0) is 31.2 Å². The number of alkyl halides is 1. The van der Waals surface area contributed by atoms with Crippen molar-refractivity contribution in [3.8, 4) is 5.75 Å². The maximum atomic E-state index is 11.1. The summed E-state index contributed by atoms with van der Waals surface area (Å²) in [7, 11) is -3.42. The van der Waals surface area contributed by atoms with Crippen LogP contribution in [0.5, 0.6) is 5.75 Å². The predicted molar refractivity (Wildman–Crippen MR) is 60.9 cm³/mol. The molecule has 0 spiro atoms. The normalized spacial score (nSPS) is 11.1. The first-order chi connectivity index (χ1) is 7.07. The molecule has 0 saturated carbocycles. The number of anilines is 1. The third kappa shape index (κ3) is 3.97. The van der Waals surface area contributed by atoms with Crippen molar-refractivity contribution < 1.29 is 13.2 Å². The predicted octanol–water partition coefficient (Wildman–Crippen LogP) is 2.02. The highest BCUT2D eigenvalue weighted by atomic mass is 35.5. The van der Waals surface area contributed by atoms with Crippen LogP contribution in [0.25, 0.3) is 0 Å². The number of hydrogen-bond acceptors (Lipinski definition) is 3. The standard InChI is InChI=1S/C9H12ClNO3S/c1-2-14-9-5-3-8(4-6-9)11-15(12,13)7-10/h3-6,11H,2,7H2,1H3. The van der Waals surface area contributed by atoms with Crippen LogP contribution in [0, 0.1) is 0 Å². The molecule has 0 aliphatic carbocycles. The monoisotopic (exact) mass is 249 g/mol. The lowest BCUT2D eigenvalue weighted by atomic mass is 10.3. The van der Waals surface area contributed by atoms with Gasteiger partial charge in [0.15, 0.2) is 0 Å². The first-order valence-corrected chi connectivity index (χ1v) is 6.55. The SMILES string of the molecule is CCOc1ccc(NS(=O)(=O)CCl)cc1. The molecule has 0 amide bonds. The van der Waals surface area contributed by atoms with Crippen molar-refractivity contribution in [1.82, 2.24) is 0 Å². The van der Waals surface area contributed by atoms with E-state index in [9.17, 15) is 8.42 Å². The Balaban J connectivity index is 2.73. The topological polar surface area (TPSA) is 55.4 Å². The molecule has 0 aliphatic heterocycles. The Morgan fingerprint density at radius 3 is 2.40 bits per heavy atom. The molecule has 0 bridgehead atoms. The molecule has 0 aliphatic rings. The fourth-order valence-electron chi connectivity index (χ4n) is 0.993. The maximum absolute atomic E-state index is 11.1. The summed E-state index contributed by atoms with van der Waals surface area (Å²) in [6.45, 7) is 2.46. The molecular weight excluding hydrogens is 238 g/mol. The average Bonchev–Trinajstić information content (AvgIpc) is 2.21. The molecule has 0 atom stereocenters. The molecule has 1 aromatic carbocycles. The zero-order valence-electron chi connectivity index (χ0n) is 8.23. The van der Waals surface area contributed by atoms with Gasteiger partial charge in [0, 0.05) is 5.69 Å². The van der Waals surface area contributed by atoms with Crippen molar-refractivity contribution in [3.05, 3.63) is 24.3 Å². The van der Waals surface area contributed by atoms with Crippen molar-refractivity contribution in [2.75, 3.05) is 16.5 Å². The summed E-state index contributed by atoms with van der Waals surface area (Å²) in [4.78, 5) is 0. The fraction of sp³-hybridized carbons (Fsp3) is 0.333. The van der Waals surface area contributed by atoms with Crippen molar-refractivity contribution in [2.45, 2.75) is 6.92 Å². The van der Waals surface area contributed by atoms with E-state index in [-0.39, 0.29) is 0 Å². The number of hydrogen-bond donors (Lipinski definition) is 1. The van der Waals surface area contributed by atoms with Crippen LogP contribution >= 0.6 is 11.6 Å². The molecule has 0 radical (unpaired) electrons. The van der Waals surface area contributed by atoms with E-state index < -0.39 is 15.2 Å². The van der Waals surface area contributed by atoms with Crippen LogP contribution in [0.3, 0.4) is 0 Å². The van der Waals surface area contributed by atoms with E-state index >= 15 is 0 Å². The first-order valence-electron chi connectivity index (χ1n) is 4.36. The smallest absolute Gasteiger partial charge is 0.246 e. The van der Waals surface area contributed by atoms with Crippen LogP contribution in [-0.4, -0.2) is 20.2 Å². The van der Waals surface area contributed by atoms with Crippen LogP contribution in [0.1, 0.15) is 6.92 Å². The lowest BCUT2D eigenvalue weighted by Crippen LogP contribution is -2.13. The highest BCUT2D eigenvalue weighted by molar-refractivity contribution is 7.93.